The van der Waals surface area contributed by atoms with Gasteiger partial charge < -0.3 is 4.74 Å². The molecule has 0 saturated heterocycles. The second-order valence-electron chi connectivity index (χ2n) is 9.69. The number of benzene rings is 2. The summed E-state index contributed by atoms with van der Waals surface area (Å²) in [6.07, 6.45) is -3.97. The summed E-state index contributed by atoms with van der Waals surface area (Å²) in [6.45, 7) is 5.43. The number of alkyl halides is 3. The van der Waals surface area contributed by atoms with Crippen LogP contribution in [0.2, 0.25) is 0 Å². The number of esters is 1. The average molecular weight is 470 g/mol. The molecule has 178 valence electrons. The molecular formula is C27H26F3NO3. The molecule has 2 atom stereocenters. The molecule has 1 fully saturated rings. The highest BCUT2D eigenvalue weighted by Gasteiger charge is 2.49. The van der Waals surface area contributed by atoms with Crippen molar-refractivity contribution >= 4 is 17.5 Å². The second kappa shape index (κ2) is 8.85. The van der Waals surface area contributed by atoms with Gasteiger partial charge in [-0.05, 0) is 36.0 Å². The highest BCUT2D eigenvalue weighted by atomic mass is 19.4. The van der Waals surface area contributed by atoms with Crippen molar-refractivity contribution in [3.63, 3.8) is 0 Å². The van der Waals surface area contributed by atoms with E-state index in [0.717, 1.165) is 11.6 Å². The Kier molecular flexibility index (Phi) is 6.23. The van der Waals surface area contributed by atoms with Gasteiger partial charge in [-0.1, -0.05) is 62.4 Å². The predicted molar refractivity (Wildman–Crippen MR) is 122 cm³/mol. The van der Waals surface area contributed by atoms with E-state index in [1.807, 2.05) is 19.9 Å². The number of ether oxygens (including phenoxy) is 1. The van der Waals surface area contributed by atoms with Crippen molar-refractivity contribution in [1.29, 1.82) is 0 Å². The van der Waals surface area contributed by atoms with Crippen LogP contribution in [0.3, 0.4) is 0 Å². The zero-order chi connectivity index (χ0) is 24.7. The number of hydrogen-bond acceptors (Lipinski definition) is 4. The monoisotopic (exact) mass is 469 g/mol. The van der Waals surface area contributed by atoms with Crippen LogP contribution in [0.25, 0.3) is 0 Å². The van der Waals surface area contributed by atoms with Gasteiger partial charge in [0.25, 0.3) is 0 Å². The first-order valence-electron chi connectivity index (χ1n) is 11.2. The first-order chi connectivity index (χ1) is 16.0. The van der Waals surface area contributed by atoms with Gasteiger partial charge in [-0.25, -0.2) is 4.79 Å². The van der Waals surface area contributed by atoms with Gasteiger partial charge in [-0.15, -0.1) is 0 Å². The van der Waals surface area contributed by atoms with Crippen LogP contribution in [0.5, 0.6) is 0 Å². The molecule has 2 unspecified atom stereocenters. The lowest BCUT2D eigenvalue weighted by Crippen LogP contribution is -2.44. The van der Waals surface area contributed by atoms with E-state index in [1.54, 1.807) is 31.2 Å². The number of nitrogens with zero attached hydrogens (tertiary/aromatic N) is 1. The Labute approximate surface area is 196 Å². The van der Waals surface area contributed by atoms with Crippen LogP contribution in [-0.2, 0) is 27.1 Å². The van der Waals surface area contributed by atoms with Crippen LogP contribution in [0.15, 0.2) is 70.9 Å². The lowest BCUT2D eigenvalue weighted by Gasteiger charge is -2.41. The van der Waals surface area contributed by atoms with Crippen LogP contribution in [0, 0.1) is 11.3 Å². The molecule has 1 aliphatic carbocycles. The van der Waals surface area contributed by atoms with Gasteiger partial charge in [0.2, 0.25) is 0 Å². The van der Waals surface area contributed by atoms with E-state index in [9.17, 15) is 22.8 Å². The van der Waals surface area contributed by atoms with Gasteiger partial charge >= 0.3 is 12.1 Å². The molecule has 4 nitrogen and oxygen atoms in total. The Bertz CT molecular complexity index is 1180. The summed E-state index contributed by atoms with van der Waals surface area (Å²) >= 11 is 0. The van der Waals surface area contributed by atoms with Crippen LogP contribution < -0.4 is 0 Å². The van der Waals surface area contributed by atoms with Crippen molar-refractivity contribution in [3.05, 3.63) is 82.6 Å². The van der Waals surface area contributed by atoms with Gasteiger partial charge in [0.05, 0.1) is 17.1 Å². The summed E-state index contributed by atoms with van der Waals surface area (Å²) in [6, 6.07) is 14.1. The molecule has 1 saturated carbocycles. The third-order valence-electron chi connectivity index (χ3n) is 6.40. The molecule has 2 aromatic rings. The van der Waals surface area contributed by atoms with Gasteiger partial charge in [-0.2, -0.15) is 13.2 Å². The average Bonchev–Trinajstić information content (AvgIpc) is 2.75. The summed E-state index contributed by atoms with van der Waals surface area (Å²) in [7, 11) is 0. The molecule has 4 rings (SSSR count). The summed E-state index contributed by atoms with van der Waals surface area (Å²) in [5.74, 6) is -3.02. The zero-order valence-corrected chi connectivity index (χ0v) is 19.3. The van der Waals surface area contributed by atoms with Crippen molar-refractivity contribution in [1.82, 2.24) is 0 Å². The van der Waals surface area contributed by atoms with E-state index >= 15 is 0 Å². The first-order valence-corrected chi connectivity index (χ1v) is 11.2. The number of hydrogen-bond donors (Lipinski definition) is 0. The number of carbonyl (C=O) groups excluding carboxylic acids is 2. The van der Waals surface area contributed by atoms with E-state index in [2.05, 4.69) is 4.99 Å². The molecule has 0 N–H and O–H groups in total. The number of allylic oxidation sites excluding steroid dienone is 1. The maximum atomic E-state index is 14.0. The minimum atomic E-state index is -4.64. The number of carbonyl (C=O) groups is 2. The number of Topliss-reactive ketones (excluding diaryl/α,β-unsaturated/α-hetero) is 1. The number of fused-ring (bicyclic) bond motifs is 1. The fourth-order valence-electron chi connectivity index (χ4n) is 5.02. The van der Waals surface area contributed by atoms with Crippen molar-refractivity contribution in [2.75, 3.05) is 0 Å². The third-order valence-corrected chi connectivity index (χ3v) is 6.40. The summed E-state index contributed by atoms with van der Waals surface area (Å²) in [5.41, 5.74) is 0.251. The van der Waals surface area contributed by atoms with Gasteiger partial charge in [0.15, 0.2) is 0 Å². The van der Waals surface area contributed by atoms with Crippen molar-refractivity contribution in [2.45, 2.75) is 52.3 Å². The number of aliphatic imine (C=N–C) groups is 1. The van der Waals surface area contributed by atoms with Crippen LogP contribution in [-0.4, -0.2) is 17.5 Å². The topological polar surface area (TPSA) is 55.7 Å². The molecule has 2 aromatic carbocycles. The number of ketones is 1. The molecule has 0 amide bonds. The summed E-state index contributed by atoms with van der Waals surface area (Å²) < 4.78 is 47.5. The Morgan fingerprint density at radius 1 is 1.03 bits per heavy atom. The summed E-state index contributed by atoms with van der Waals surface area (Å²) in [4.78, 5) is 31.2. The molecule has 2 aliphatic rings. The normalized spacial score (nSPS) is 22.2. The zero-order valence-electron chi connectivity index (χ0n) is 19.3. The molecule has 0 aromatic heterocycles. The van der Waals surface area contributed by atoms with Crippen LogP contribution >= 0.6 is 0 Å². The fraction of sp³-hybridized carbons (Fsp3) is 0.370. The molecular weight excluding hydrogens is 443 g/mol. The molecule has 1 heterocycles. The van der Waals surface area contributed by atoms with Crippen molar-refractivity contribution in [2.24, 2.45) is 16.3 Å². The van der Waals surface area contributed by atoms with Gasteiger partial charge in [0.1, 0.15) is 12.4 Å². The summed E-state index contributed by atoms with van der Waals surface area (Å²) in [5, 5.41) is 0. The Balaban J connectivity index is 1.82. The first kappa shape index (κ1) is 23.9. The molecule has 0 spiro atoms. The molecule has 1 aliphatic heterocycles. The highest BCUT2D eigenvalue weighted by molar-refractivity contribution is 6.12. The lowest BCUT2D eigenvalue weighted by molar-refractivity contribution is -0.142. The standard InChI is InChI=1S/C27H26F3NO3/c1-16-22(25(33)34-15-17-9-5-4-6-10-17)23(18-11-7-8-12-19(18)27(28,29)30)24-20(31-16)13-26(2,3)14-21(24)32/h4-12,23-24H,13-15H2,1-3H3. The molecule has 0 bridgehead atoms. The van der Waals surface area contributed by atoms with Gasteiger partial charge in [0, 0.05) is 23.7 Å². The van der Waals surface area contributed by atoms with Gasteiger partial charge in [-0.3, -0.25) is 9.79 Å². The predicted octanol–water partition coefficient (Wildman–Crippen LogP) is 6.27. The van der Waals surface area contributed by atoms with E-state index < -0.39 is 29.5 Å². The van der Waals surface area contributed by atoms with Crippen molar-refractivity contribution < 1.29 is 27.5 Å². The molecule has 7 heteroatoms. The maximum Gasteiger partial charge on any atom is 0.416 e. The number of rotatable bonds is 4. The quantitative estimate of drug-likeness (QED) is 0.496. The minimum absolute atomic E-state index is 0.00874. The van der Waals surface area contributed by atoms with Crippen molar-refractivity contribution in [3.8, 4) is 0 Å². The molecule has 34 heavy (non-hydrogen) atoms. The van der Waals surface area contributed by atoms with E-state index in [0.29, 0.717) is 12.1 Å². The minimum Gasteiger partial charge on any atom is -0.457 e. The third kappa shape index (κ3) is 4.69. The maximum absolute atomic E-state index is 14.0. The van der Waals surface area contributed by atoms with Crippen LogP contribution in [0.1, 0.15) is 56.2 Å². The van der Waals surface area contributed by atoms with Crippen LogP contribution in [0.4, 0.5) is 13.2 Å². The number of halogens is 3. The Morgan fingerprint density at radius 3 is 2.35 bits per heavy atom. The van der Waals surface area contributed by atoms with E-state index in [1.165, 1.54) is 18.2 Å². The van der Waals surface area contributed by atoms with E-state index in [4.69, 9.17) is 4.74 Å². The molecule has 0 radical (unpaired) electrons. The SMILES string of the molecule is CC1=C(C(=O)OCc2ccccc2)C(c2ccccc2C(F)(F)F)C2C(=O)CC(C)(C)CC2=N1. The smallest absolute Gasteiger partial charge is 0.416 e. The fourth-order valence-corrected chi connectivity index (χ4v) is 5.02. The van der Waals surface area contributed by atoms with E-state index in [-0.39, 0.29) is 41.1 Å². The second-order valence-corrected chi connectivity index (χ2v) is 9.69. The Hall–Kier alpha value is -3.22. The lowest BCUT2D eigenvalue weighted by atomic mass is 9.63. The largest absolute Gasteiger partial charge is 0.457 e. The highest BCUT2D eigenvalue weighted by Crippen LogP contribution is 2.49. The Morgan fingerprint density at radius 2 is 1.68 bits per heavy atom.